The van der Waals surface area contributed by atoms with E-state index in [1.165, 1.54) is 0 Å². The molecule has 0 rings (SSSR count). The Morgan fingerprint density at radius 1 is 2.00 bits per heavy atom. The molecule has 0 aliphatic carbocycles. The molecule has 0 aliphatic rings. The normalized spacial score (nSPS) is 13.7. The number of halogens is 1. The Morgan fingerprint density at radius 2 is 2.17 bits per heavy atom. The summed E-state index contributed by atoms with van der Waals surface area (Å²) >= 11 is 4.80. The number of rotatable bonds is 1. The monoisotopic (exact) mass is 108 g/mol. The van der Waals surface area contributed by atoms with Gasteiger partial charge in [0.25, 0.3) is 5.50 Å². The van der Waals surface area contributed by atoms with E-state index in [4.69, 9.17) is 11.6 Å². The highest BCUT2D eigenvalue weighted by Crippen LogP contribution is 1.89. The van der Waals surface area contributed by atoms with Gasteiger partial charge in [0.05, 0.1) is 0 Å². The largest absolute Gasteiger partial charge is 0.286 e. The third-order valence-corrected chi connectivity index (χ3v) is 0.388. The molecule has 1 atom stereocenters. The molecule has 35 valence electrons. The second kappa shape index (κ2) is 1.97. The molecule has 1 radical (unpaired) electrons. The van der Waals surface area contributed by atoms with Gasteiger partial charge in [0.1, 0.15) is 0 Å². The molecule has 0 N–H and O–H groups in total. The highest BCUT2D eigenvalue weighted by atomic mass is 35.5. The minimum Gasteiger partial charge on any atom is -0.263 e. The first-order valence-corrected chi connectivity index (χ1v) is 1.69. The van der Waals surface area contributed by atoms with E-state index in [1.54, 1.807) is 0 Å². The van der Waals surface area contributed by atoms with Crippen LogP contribution in [0.15, 0.2) is 0 Å². The fraction of sp³-hybridized carbons (Fsp3) is 0.500. The fourth-order valence-corrected chi connectivity index (χ4v) is 0. The first kappa shape index (κ1) is 5.69. The van der Waals surface area contributed by atoms with Crippen molar-refractivity contribution in [1.29, 1.82) is 0 Å². The van der Waals surface area contributed by atoms with Gasteiger partial charge in [-0.2, -0.15) is 0 Å². The van der Waals surface area contributed by atoms with Gasteiger partial charge in [-0.15, -0.1) is 0 Å². The minimum atomic E-state index is -1.20. The van der Waals surface area contributed by atoms with E-state index in [2.05, 4.69) is 6.92 Å². The van der Waals surface area contributed by atoms with Crippen LogP contribution >= 0.6 is 11.6 Å². The van der Waals surface area contributed by atoms with Crippen LogP contribution in [0, 0.1) is 17.0 Å². The van der Waals surface area contributed by atoms with Crippen molar-refractivity contribution in [2.45, 2.75) is 5.50 Å². The molecule has 0 aromatic carbocycles. The maximum absolute atomic E-state index is 9.31. The van der Waals surface area contributed by atoms with E-state index in [0.29, 0.717) is 0 Å². The molecular formula is C2H3ClNO2. The van der Waals surface area contributed by atoms with Gasteiger partial charge >= 0.3 is 0 Å². The molecule has 0 bridgehead atoms. The molecule has 0 spiro atoms. The van der Waals surface area contributed by atoms with E-state index >= 15 is 0 Å². The van der Waals surface area contributed by atoms with Crippen molar-refractivity contribution in [3.63, 3.8) is 0 Å². The van der Waals surface area contributed by atoms with Crippen molar-refractivity contribution in [3.05, 3.63) is 17.0 Å². The lowest BCUT2D eigenvalue weighted by Gasteiger charge is -1.85. The fourth-order valence-electron chi connectivity index (χ4n) is 0. The van der Waals surface area contributed by atoms with Crippen molar-refractivity contribution >= 4 is 11.6 Å². The molecular weight excluding hydrogens is 105 g/mol. The van der Waals surface area contributed by atoms with Crippen LogP contribution in [-0.4, -0.2) is 10.4 Å². The standard InChI is InChI=1S/C2H3ClNO2/c1-2(3)4(5)6/h2H,1H2. The van der Waals surface area contributed by atoms with Crippen LogP contribution in [0.5, 0.6) is 0 Å². The van der Waals surface area contributed by atoms with Crippen LogP contribution in [0.1, 0.15) is 0 Å². The van der Waals surface area contributed by atoms with E-state index in [0.717, 1.165) is 0 Å². The molecule has 0 saturated carbocycles. The van der Waals surface area contributed by atoms with E-state index in [1.807, 2.05) is 0 Å². The lowest BCUT2D eigenvalue weighted by atomic mass is 10.8. The zero-order chi connectivity index (χ0) is 5.15. The predicted octanol–water partition coefficient (Wildman–Crippen LogP) is 0.662. The summed E-state index contributed by atoms with van der Waals surface area (Å²) < 4.78 is 0. The van der Waals surface area contributed by atoms with Gasteiger partial charge in [0, 0.05) is 11.8 Å². The third kappa shape index (κ3) is 1.96. The SMILES string of the molecule is [CH2]C(Cl)[N+](=O)[O-]. The summed E-state index contributed by atoms with van der Waals surface area (Å²) in [6.45, 7) is 2.90. The first-order valence-electron chi connectivity index (χ1n) is 1.25. The smallest absolute Gasteiger partial charge is 0.263 e. The number of alkyl halides is 1. The molecule has 6 heavy (non-hydrogen) atoms. The Hall–Kier alpha value is -0.310. The Morgan fingerprint density at radius 3 is 2.17 bits per heavy atom. The van der Waals surface area contributed by atoms with E-state index < -0.39 is 10.4 Å². The molecule has 0 aliphatic heterocycles. The van der Waals surface area contributed by atoms with Crippen LogP contribution in [0.25, 0.3) is 0 Å². The van der Waals surface area contributed by atoms with Gasteiger partial charge < -0.3 is 0 Å². The molecule has 0 saturated heterocycles. The van der Waals surface area contributed by atoms with Crippen LogP contribution in [0.2, 0.25) is 0 Å². The van der Waals surface area contributed by atoms with Crippen molar-refractivity contribution in [2.24, 2.45) is 0 Å². The summed E-state index contributed by atoms with van der Waals surface area (Å²) in [6.07, 6.45) is 0. The Labute approximate surface area is 40.1 Å². The zero-order valence-corrected chi connectivity index (χ0v) is 3.68. The van der Waals surface area contributed by atoms with Gasteiger partial charge in [-0.25, -0.2) is 0 Å². The highest BCUT2D eigenvalue weighted by Gasteiger charge is 2.03. The van der Waals surface area contributed by atoms with E-state index in [-0.39, 0.29) is 0 Å². The summed E-state index contributed by atoms with van der Waals surface area (Å²) in [5, 5.41) is 9.31. The Balaban J connectivity index is 3.26. The lowest BCUT2D eigenvalue weighted by molar-refractivity contribution is -0.486. The summed E-state index contributed by atoms with van der Waals surface area (Å²) in [4.78, 5) is 8.63. The Bertz CT molecular complexity index is 62.6. The number of nitro groups is 1. The van der Waals surface area contributed by atoms with Crippen LogP contribution in [0.3, 0.4) is 0 Å². The lowest BCUT2D eigenvalue weighted by Crippen LogP contribution is -2.05. The van der Waals surface area contributed by atoms with Gasteiger partial charge in [-0.05, 0) is 11.6 Å². The molecule has 0 fully saturated rings. The predicted molar refractivity (Wildman–Crippen MR) is 22.0 cm³/mol. The summed E-state index contributed by atoms with van der Waals surface area (Å²) in [7, 11) is 0. The first-order chi connectivity index (χ1) is 2.64. The molecule has 3 nitrogen and oxygen atoms in total. The molecule has 1 unspecified atom stereocenters. The second-order valence-corrected chi connectivity index (χ2v) is 1.22. The molecule has 0 aromatic rings. The van der Waals surface area contributed by atoms with Crippen LogP contribution in [-0.2, 0) is 0 Å². The average molecular weight is 109 g/mol. The van der Waals surface area contributed by atoms with Crippen LogP contribution < -0.4 is 0 Å². The third-order valence-electron chi connectivity index (χ3n) is 0.229. The molecule has 0 amide bonds. The van der Waals surface area contributed by atoms with Gasteiger partial charge in [-0.1, -0.05) is 0 Å². The van der Waals surface area contributed by atoms with Crippen molar-refractivity contribution < 1.29 is 4.92 Å². The minimum absolute atomic E-state index is 0.679. The summed E-state index contributed by atoms with van der Waals surface area (Å²) in [6, 6.07) is 0. The number of nitrogens with zero attached hydrogens (tertiary/aromatic N) is 1. The van der Waals surface area contributed by atoms with Crippen LogP contribution in [0.4, 0.5) is 0 Å². The highest BCUT2D eigenvalue weighted by molar-refractivity contribution is 6.19. The van der Waals surface area contributed by atoms with Gasteiger partial charge in [0.15, 0.2) is 0 Å². The van der Waals surface area contributed by atoms with E-state index in [9.17, 15) is 10.1 Å². The molecule has 0 aromatic heterocycles. The second-order valence-electron chi connectivity index (χ2n) is 0.720. The van der Waals surface area contributed by atoms with Crippen molar-refractivity contribution in [1.82, 2.24) is 0 Å². The van der Waals surface area contributed by atoms with Crippen molar-refractivity contribution in [2.75, 3.05) is 0 Å². The van der Waals surface area contributed by atoms with Gasteiger partial charge in [0.2, 0.25) is 0 Å². The quantitative estimate of drug-likeness (QED) is 0.214. The van der Waals surface area contributed by atoms with Crippen molar-refractivity contribution in [3.8, 4) is 0 Å². The van der Waals surface area contributed by atoms with Gasteiger partial charge in [-0.3, -0.25) is 10.1 Å². The zero-order valence-electron chi connectivity index (χ0n) is 2.93. The summed E-state index contributed by atoms with van der Waals surface area (Å²) in [5.41, 5.74) is -1.20. The number of hydrogen-bond donors (Lipinski definition) is 0. The summed E-state index contributed by atoms with van der Waals surface area (Å²) in [5.74, 6) is 0. The topological polar surface area (TPSA) is 43.1 Å². The maximum Gasteiger partial charge on any atom is 0.286 e. The molecule has 0 heterocycles. The average Bonchev–Trinajstić information content (AvgIpc) is 1.36. The molecule has 4 heteroatoms. The maximum atomic E-state index is 9.31. The Kier molecular flexibility index (Phi) is 1.87. The number of hydrogen-bond acceptors (Lipinski definition) is 2.